The van der Waals surface area contributed by atoms with Crippen molar-refractivity contribution in [1.82, 2.24) is 14.9 Å². The smallest absolute Gasteiger partial charge is 0.0948 e. The predicted molar refractivity (Wildman–Crippen MR) is 62.0 cm³/mol. The number of aromatic nitrogens is 2. The Bertz CT molecular complexity index is 302. The number of nitrogens with zero attached hydrogens (tertiary/aromatic N) is 2. The molecular weight excluding hydrogens is 186 g/mol. The van der Waals surface area contributed by atoms with E-state index in [4.69, 9.17) is 0 Å². The highest BCUT2D eigenvalue weighted by molar-refractivity contribution is 5.04. The van der Waals surface area contributed by atoms with Crippen LogP contribution >= 0.6 is 0 Å². The summed E-state index contributed by atoms with van der Waals surface area (Å²) in [7, 11) is 0. The fourth-order valence-electron chi connectivity index (χ4n) is 1.81. The van der Waals surface area contributed by atoms with Crippen molar-refractivity contribution in [3.8, 4) is 0 Å². The minimum Gasteiger partial charge on any atom is -0.333 e. The molecule has 0 bridgehead atoms. The van der Waals surface area contributed by atoms with E-state index in [0.717, 1.165) is 19.1 Å². The number of hydrogen-bond acceptors (Lipinski definition) is 2. The largest absolute Gasteiger partial charge is 0.333 e. The van der Waals surface area contributed by atoms with Gasteiger partial charge >= 0.3 is 0 Å². The third kappa shape index (κ3) is 2.81. The fourth-order valence-corrected chi connectivity index (χ4v) is 1.81. The summed E-state index contributed by atoms with van der Waals surface area (Å²) in [6, 6.07) is 0.806. The van der Waals surface area contributed by atoms with Crippen molar-refractivity contribution in [2.45, 2.75) is 51.6 Å². The third-order valence-electron chi connectivity index (χ3n) is 3.22. The first-order valence-electron chi connectivity index (χ1n) is 6.04. The van der Waals surface area contributed by atoms with E-state index in [1.807, 2.05) is 12.5 Å². The minimum atomic E-state index is 0.619. The van der Waals surface area contributed by atoms with Gasteiger partial charge in [-0.25, -0.2) is 4.98 Å². The summed E-state index contributed by atoms with van der Waals surface area (Å²) in [5, 5.41) is 3.53. The lowest BCUT2D eigenvalue weighted by Gasteiger charge is -2.13. The van der Waals surface area contributed by atoms with E-state index in [-0.39, 0.29) is 0 Å². The van der Waals surface area contributed by atoms with Gasteiger partial charge in [-0.1, -0.05) is 13.8 Å². The van der Waals surface area contributed by atoms with Gasteiger partial charge < -0.3 is 9.88 Å². The molecule has 1 aliphatic carbocycles. The van der Waals surface area contributed by atoms with Gasteiger partial charge in [0.2, 0.25) is 0 Å². The molecule has 3 heteroatoms. The quantitative estimate of drug-likeness (QED) is 0.774. The van der Waals surface area contributed by atoms with Gasteiger partial charge in [0.1, 0.15) is 0 Å². The van der Waals surface area contributed by atoms with Gasteiger partial charge in [-0.05, 0) is 25.2 Å². The highest BCUT2D eigenvalue weighted by atomic mass is 15.1. The Labute approximate surface area is 91.9 Å². The number of imidazole rings is 1. The molecule has 1 N–H and O–H groups in total. The Morgan fingerprint density at radius 3 is 3.07 bits per heavy atom. The molecule has 1 aromatic rings. The number of hydrogen-bond donors (Lipinski definition) is 1. The van der Waals surface area contributed by atoms with Gasteiger partial charge in [0.25, 0.3) is 0 Å². The summed E-state index contributed by atoms with van der Waals surface area (Å²) < 4.78 is 2.28. The lowest BCUT2D eigenvalue weighted by Crippen LogP contribution is -2.22. The molecule has 1 heterocycles. The standard InChI is InChI=1S/C12H21N3/c1-3-10(2)12-8-13-9-15(12)7-6-14-11-4-5-11/h8-11,14H,3-7H2,1-2H3. The van der Waals surface area contributed by atoms with E-state index >= 15 is 0 Å². The van der Waals surface area contributed by atoms with Crippen LogP contribution in [0.5, 0.6) is 0 Å². The molecule has 1 unspecified atom stereocenters. The summed E-state index contributed by atoms with van der Waals surface area (Å²) in [6.07, 6.45) is 7.87. The van der Waals surface area contributed by atoms with Crippen LogP contribution in [0.1, 0.15) is 44.7 Å². The highest BCUT2D eigenvalue weighted by Gasteiger charge is 2.19. The molecule has 0 aliphatic heterocycles. The van der Waals surface area contributed by atoms with Crippen LogP contribution in [-0.2, 0) is 6.54 Å². The van der Waals surface area contributed by atoms with Crippen LogP contribution in [0.3, 0.4) is 0 Å². The van der Waals surface area contributed by atoms with Crippen LogP contribution in [0.2, 0.25) is 0 Å². The summed E-state index contributed by atoms with van der Waals surface area (Å²) in [4.78, 5) is 4.24. The van der Waals surface area contributed by atoms with E-state index in [2.05, 4.69) is 28.7 Å². The Hall–Kier alpha value is -0.830. The Balaban J connectivity index is 1.85. The van der Waals surface area contributed by atoms with Gasteiger partial charge in [-0.15, -0.1) is 0 Å². The molecule has 1 fully saturated rings. The molecule has 1 aliphatic rings. The molecule has 15 heavy (non-hydrogen) atoms. The van der Waals surface area contributed by atoms with Gasteiger partial charge in [0.05, 0.1) is 6.33 Å². The highest BCUT2D eigenvalue weighted by Crippen LogP contribution is 2.19. The molecule has 84 valence electrons. The van der Waals surface area contributed by atoms with E-state index in [0.29, 0.717) is 5.92 Å². The molecule has 0 radical (unpaired) electrons. The van der Waals surface area contributed by atoms with Crippen molar-refractivity contribution in [3.05, 3.63) is 18.2 Å². The molecule has 0 amide bonds. The van der Waals surface area contributed by atoms with E-state index in [9.17, 15) is 0 Å². The van der Waals surface area contributed by atoms with Gasteiger partial charge in [0, 0.05) is 31.0 Å². The average molecular weight is 207 g/mol. The second kappa shape index (κ2) is 4.79. The molecular formula is C12H21N3. The van der Waals surface area contributed by atoms with Crippen molar-refractivity contribution < 1.29 is 0 Å². The van der Waals surface area contributed by atoms with Crippen molar-refractivity contribution in [1.29, 1.82) is 0 Å². The second-order valence-electron chi connectivity index (χ2n) is 4.55. The second-order valence-corrected chi connectivity index (χ2v) is 4.55. The monoisotopic (exact) mass is 207 g/mol. The Kier molecular flexibility index (Phi) is 3.41. The molecule has 3 nitrogen and oxygen atoms in total. The summed E-state index contributed by atoms with van der Waals surface area (Å²) in [6.45, 7) is 6.62. The summed E-state index contributed by atoms with van der Waals surface area (Å²) in [5.41, 5.74) is 1.37. The third-order valence-corrected chi connectivity index (χ3v) is 3.22. The molecule has 0 aromatic carbocycles. The normalized spacial score (nSPS) is 18.0. The average Bonchev–Trinajstić information content (AvgIpc) is 2.95. The zero-order valence-electron chi connectivity index (χ0n) is 9.74. The van der Waals surface area contributed by atoms with Crippen molar-refractivity contribution in [2.75, 3.05) is 6.54 Å². The number of nitrogens with one attached hydrogen (secondary N) is 1. The van der Waals surface area contributed by atoms with E-state index < -0.39 is 0 Å². The SMILES string of the molecule is CCC(C)c1cncn1CCNC1CC1. The van der Waals surface area contributed by atoms with Gasteiger partial charge in [0.15, 0.2) is 0 Å². The molecule has 0 saturated heterocycles. The summed E-state index contributed by atoms with van der Waals surface area (Å²) in [5.74, 6) is 0.619. The van der Waals surface area contributed by atoms with Gasteiger partial charge in [-0.2, -0.15) is 0 Å². The van der Waals surface area contributed by atoms with Crippen molar-refractivity contribution in [3.63, 3.8) is 0 Å². The molecule has 1 atom stereocenters. The first-order chi connectivity index (χ1) is 7.31. The first kappa shape index (κ1) is 10.7. The van der Waals surface area contributed by atoms with Crippen LogP contribution in [0.15, 0.2) is 12.5 Å². The maximum atomic E-state index is 4.24. The van der Waals surface area contributed by atoms with Gasteiger partial charge in [-0.3, -0.25) is 0 Å². The van der Waals surface area contributed by atoms with Crippen LogP contribution in [0.25, 0.3) is 0 Å². The molecule has 0 spiro atoms. The van der Waals surface area contributed by atoms with Crippen LogP contribution < -0.4 is 5.32 Å². The van der Waals surface area contributed by atoms with Crippen LogP contribution in [0, 0.1) is 0 Å². The fraction of sp³-hybridized carbons (Fsp3) is 0.750. The predicted octanol–water partition coefficient (Wildman–Crippen LogP) is 2.15. The topological polar surface area (TPSA) is 29.9 Å². The Morgan fingerprint density at radius 1 is 1.60 bits per heavy atom. The first-order valence-corrected chi connectivity index (χ1v) is 6.04. The lowest BCUT2D eigenvalue weighted by atomic mass is 10.1. The lowest BCUT2D eigenvalue weighted by molar-refractivity contribution is 0.558. The summed E-state index contributed by atoms with van der Waals surface area (Å²) >= 11 is 0. The van der Waals surface area contributed by atoms with Crippen LogP contribution in [-0.4, -0.2) is 22.1 Å². The van der Waals surface area contributed by atoms with Crippen molar-refractivity contribution in [2.24, 2.45) is 0 Å². The Morgan fingerprint density at radius 2 is 2.40 bits per heavy atom. The maximum Gasteiger partial charge on any atom is 0.0948 e. The van der Waals surface area contributed by atoms with Crippen molar-refractivity contribution >= 4 is 0 Å². The molecule has 1 saturated carbocycles. The van der Waals surface area contributed by atoms with E-state index in [1.165, 1.54) is 25.0 Å². The minimum absolute atomic E-state index is 0.619. The van der Waals surface area contributed by atoms with Crippen LogP contribution in [0.4, 0.5) is 0 Å². The zero-order valence-corrected chi connectivity index (χ0v) is 9.74. The maximum absolute atomic E-state index is 4.24. The van der Waals surface area contributed by atoms with E-state index in [1.54, 1.807) is 0 Å². The number of rotatable bonds is 6. The zero-order chi connectivity index (χ0) is 10.7. The molecule has 1 aromatic heterocycles. The molecule has 2 rings (SSSR count).